The highest BCUT2D eigenvalue weighted by Gasteiger charge is 2.31. The zero-order valence-corrected chi connectivity index (χ0v) is 14.6. The molecule has 1 atom stereocenters. The number of hydrogen-bond donors (Lipinski definition) is 2. The summed E-state index contributed by atoms with van der Waals surface area (Å²) in [4.78, 5) is 26.0. The first-order valence-corrected chi connectivity index (χ1v) is 8.32. The third-order valence-corrected chi connectivity index (χ3v) is 4.43. The SMILES string of the molecule is CNC(=O)C1CCN([C@H](C)C(=O)Nc2ccc(OC(F)(F)F)cc2)CC1. The average molecular weight is 373 g/mol. The Morgan fingerprint density at radius 1 is 1.19 bits per heavy atom. The van der Waals surface area contributed by atoms with Crippen LogP contribution in [0.1, 0.15) is 19.8 Å². The number of anilines is 1. The first-order valence-electron chi connectivity index (χ1n) is 8.32. The maximum Gasteiger partial charge on any atom is 0.573 e. The standard InChI is InChI=1S/C17H22F3N3O3/c1-11(23-9-7-12(8-10-23)16(25)21-2)15(24)22-13-3-5-14(6-4-13)26-17(18,19)20/h3-6,11-12H,7-10H2,1-2H3,(H,21,25)(H,22,24)/t11-/m1/s1. The summed E-state index contributed by atoms with van der Waals surface area (Å²) >= 11 is 0. The number of carbonyl (C=O) groups excluding carboxylic acids is 2. The number of piperidine rings is 1. The van der Waals surface area contributed by atoms with E-state index in [4.69, 9.17) is 0 Å². The highest BCUT2D eigenvalue weighted by molar-refractivity contribution is 5.94. The van der Waals surface area contributed by atoms with Crippen LogP contribution < -0.4 is 15.4 Å². The minimum absolute atomic E-state index is 0.0166. The van der Waals surface area contributed by atoms with Crippen LogP contribution in [-0.4, -0.2) is 49.3 Å². The van der Waals surface area contributed by atoms with Crippen molar-refractivity contribution in [1.29, 1.82) is 0 Å². The monoisotopic (exact) mass is 373 g/mol. The summed E-state index contributed by atoms with van der Waals surface area (Å²) < 4.78 is 40.2. The van der Waals surface area contributed by atoms with Crippen molar-refractivity contribution in [3.05, 3.63) is 24.3 Å². The summed E-state index contributed by atoms with van der Waals surface area (Å²) in [6.07, 6.45) is -3.39. The van der Waals surface area contributed by atoms with Gasteiger partial charge in [-0.25, -0.2) is 0 Å². The van der Waals surface area contributed by atoms with E-state index in [9.17, 15) is 22.8 Å². The van der Waals surface area contributed by atoms with Gasteiger partial charge in [0, 0.05) is 18.7 Å². The molecule has 0 unspecified atom stereocenters. The van der Waals surface area contributed by atoms with Crippen molar-refractivity contribution in [2.24, 2.45) is 5.92 Å². The maximum atomic E-state index is 12.4. The first-order chi connectivity index (χ1) is 12.2. The molecule has 1 aromatic carbocycles. The molecule has 0 saturated carbocycles. The molecule has 9 heteroatoms. The third kappa shape index (κ3) is 5.62. The van der Waals surface area contributed by atoms with Crippen molar-refractivity contribution in [3.8, 4) is 5.75 Å². The van der Waals surface area contributed by atoms with Crippen LogP contribution in [0.25, 0.3) is 0 Å². The van der Waals surface area contributed by atoms with Gasteiger partial charge in [0.15, 0.2) is 0 Å². The average Bonchev–Trinajstić information content (AvgIpc) is 2.61. The second kappa shape index (κ2) is 8.39. The molecule has 1 fully saturated rings. The molecule has 6 nitrogen and oxygen atoms in total. The molecule has 0 radical (unpaired) electrons. The molecule has 0 bridgehead atoms. The first kappa shape index (κ1) is 20.0. The second-order valence-corrected chi connectivity index (χ2v) is 6.16. The lowest BCUT2D eigenvalue weighted by atomic mass is 9.95. The van der Waals surface area contributed by atoms with Gasteiger partial charge in [-0.1, -0.05) is 0 Å². The maximum absolute atomic E-state index is 12.4. The van der Waals surface area contributed by atoms with Crippen molar-refractivity contribution in [1.82, 2.24) is 10.2 Å². The van der Waals surface area contributed by atoms with Crippen LogP contribution in [0.5, 0.6) is 5.75 Å². The number of benzene rings is 1. The number of nitrogens with one attached hydrogen (secondary N) is 2. The van der Waals surface area contributed by atoms with E-state index >= 15 is 0 Å². The second-order valence-electron chi connectivity index (χ2n) is 6.16. The molecule has 2 N–H and O–H groups in total. The largest absolute Gasteiger partial charge is 0.573 e. The Balaban J connectivity index is 1.86. The van der Waals surface area contributed by atoms with Crippen LogP contribution in [0.15, 0.2) is 24.3 Å². The molecule has 1 aromatic rings. The van der Waals surface area contributed by atoms with E-state index in [1.165, 1.54) is 12.1 Å². The van der Waals surface area contributed by atoms with E-state index in [2.05, 4.69) is 15.4 Å². The van der Waals surface area contributed by atoms with E-state index in [0.717, 1.165) is 12.1 Å². The molecule has 1 heterocycles. The van der Waals surface area contributed by atoms with Crippen LogP contribution in [0.3, 0.4) is 0 Å². The van der Waals surface area contributed by atoms with Crippen molar-refractivity contribution < 1.29 is 27.5 Å². The zero-order valence-electron chi connectivity index (χ0n) is 14.6. The van der Waals surface area contributed by atoms with Crippen molar-refractivity contribution in [3.63, 3.8) is 0 Å². The molecule has 1 saturated heterocycles. The van der Waals surface area contributed by atoms with Gasteiger partial charge in [0.05, 0.1) is 6.04 Å². The van der Waals surface area contributed by atoms with Gasteiger partial charge >= 0.3 is 6.36 Å². The Hall–Kier alpha value is -2.29. The summed E-state index contributed by atoms with van der Waals surface area (Å²) in [6, 6.07) is 4.57. The Labute approximate surface area is 149 Å². The predicted octanol–water partition coefficient (Wildman–Crippen LogP) is 2.37. The molecule has 2 amide bonds. The predicted molar refractivity (Wildman–Crippen MR) is 89.6 cm³/mol. The molecular formula is C17H22F3N3O3. The molecule has 0 aromatic heterocycles. The van der Waals surface area contributed by atoms with Gasteiger partial charge in [0.2, 0.25) is 11.8 Å². The molecule has 0 aliphatic carbocycles. The number of rotatable bonds is 5. The minimum atomic E-state index is -4.75. The summed E-state index contributed by atoms with van der Waals surface area (Å²) in [5.41, 5.74) is 0.386. The Morgan fingerprint density at radius 2 is 1.77 bits per heavy atom. The number of likely N-dealkylation sites (tertiary alicyclic amines) is 1. The lowest BCUT2D eigenvalue weighted by Crippen LogP contribution is -2.47. The highest BCUT2D eigenvalue weighted by atomic mass is 19.4. The third-order valence-electron chi connectivity index (χ3n) is 4.43. The van der Waals surface area contributed by atoms with E-state index < -0.39 is 12.4 Å². The molecule has 144 valence electrons. The van der Waals surface area contributed by atoms with E-state index in [1.807, 2.05) is 4.90 Å². The molecule has 1 aliphatic heterocycles. The normalized spacial score (nSPS) is 17.4. The number of carbonyl (C=O) groups is 2. The number of amides is 2. The Morgan fingerprint density at radius 3 is 2.27 bits per heavy atom. The number of alkyl halides is 3. The van der Waals surface area contributed by atoms with E-state index in [1.54, 1.807) is 14.0 Å². The minimum Gasteiger partial charge on any atom is -0.406 e. The van der Waals surface area contributed by atoms with Crippen molar-refractivity contribution in [2.75, 3.05) is 25.5 Å². The number of ether oxygens (including phenoxy) is 1. The van der Waals surface area contributed by atoms with Gasteiger partial charge in [-0.05, 0) is 57.1 Å². The van der Waals surface area contributed by atoms with Crippen molar-refractivity contribution in [2.45, 2.75) is 32.2 Å². The molecular weight excluding hydrogens is 351 g/mol. The van der Waals surface area contributed by atoms with Crippen LogP contribution >= 0.6 is 0 Å². The summed E-state index contributed by atoms with van der Waals surface area (Å²) in [5.74, 6) is -0.622. The number of hydrogen-bond acceptors (Lipinski definition) is 4. The Kier molecular flexibility index (Phi) is 6.47. The molecule has 1 aliphatic rings. The molecule has 26 heavy (non-hydrogen) atoms. The fourth-order valence-electron chi connectivity index (χ4n) is 2.91. The van der Waals surface area contributed by atoms with Gasteiger partial charge in [0.1, 0.15) is 5.75 Å². The lowest BCUT2D eigenvalue weighted by molar-refractivity contribution is -0.274. The van der Waals surface area contributed by atoms with Gasteiger partial charge in [-0.2, -0.15) is 0 Å². The zero-order chi connectivity index (χ0) is 19.3. The smallest absolute Gasteiger partial charge is 0.406 e. The molecule has 2 rings (SSSR count). The van der Waals surface area contributed by atoms with Gasteiger partial charge < -0.3 is 15.4 Å². The quantitative estimate of drug-likeness (QED) is 0.831. The van der Waals surface area contributed by atoms with Crippen LogP contribution in [-0.2, 0) is 9.59 Å². The summed E-state index contributed by atoms with van der Waals surface area (Å²) in [7, 11) is 1.61. The van der Waals surface area contributed by atoms with Crippen LogP contribution in [0.4, 0.5) is 18.9 Å². The van der Waals surface area contributed by atoms with E-state index in [0.29, 0.717) is 31.6 Å². The topological polar surface area (TPSA) is 70.7 Å². The van der Waals surface area contributed by atoms with Crippen LogP contribution in [0, 0.1) is 5.92 Å². The summed E-state index contributed by atoms with van der Waals surface area (Å²) in [6.45, 7) is 3.02. The fourth-order valence-corrected chi connectivity index (χ4v) is 2.91. The lowest BCUT2D eigenvalue weighted by Gasteiger charge is -2.34. The summed E-state index contributed by atoms with van der Waals surface area (Å²) in [5, 5.41) is 5.31. The number of halogens is 3. The van der Waals surface area contributed by atoms with Gasteiger partial charge in [0.25, 0.3) is 0 Å². The van der Waals surface area contributed by atoms with Gasteiger partial charge in [-0.15, -0.1) is 13.2 Å². The van der Waals surface area contributed by atoms with Gasteiger partial charge in [-0.3, -0.25) is 14.5 Å². The van der Waals surface area contributed by atoms with Crippen molar-refractivity contribution >= 4 is 17.5 Å². The van der Waals surface area contributed by atoms with E-state index in [-0.39, 0.29) is 23.5 Å². The molecule has 0 spiro atoms. The number of nitrogens with zero attached hydrogens (tertiary/aromatic N) is 1. The Bertz CT molecular complexity index is 626. The highest BCUT2D eigenvalue weighted by Crippen LogP contribution is 2.24. The fraction of sp³-hybridized carbons (Fsp3) is 0.529. The van der Waals surface area contributed by atoms with Crippen LogP contribution in [0.2, 0.25) is 0 Å².